The SMILES string of the molecule is CCOC(=O)NC(=O)c1ccsc1NC(=O)c1cccc(SC(C)C)c1. The minimum absolute atomic E-state index is 0.164. The van der Waals surface area contributed by atoms with Crippen molar-refractivity contribution in [2.24, 2.45) is 0 Å². The maximum Gasteiger partial charge on any atom is 0.414 e. The van der Waals surface area contributed by atoms with Crippen molar-refractivity contribution in [1.29, 1.82) is 0 Å². The number of alkyl carbamates (subject to hydrolysis) is 1. The van der Waals surface area contributed by atoms with Gasteiger partial charge >= 0.3 is 6.09 Å². The molecule has 1 aromatic heterocycles. The predicted molar refractivity (Wildman–Crippen MR) is 104 cm³/mol. The summed E-state index contributed by atoms with van der Waals surface area (Å²) in [6.07, 6.45) is -0.820. The summed E-state index contributed by atoms with van der Waals surface area (Å²) in [5, 5.41) is 7.30. The molecule has 1 aromatic carbocycles. The Kier molecular flexibility index (Phi) is 7.23. The molecule has 2 aromatic rings. The summed E-state index contributed by atoms with van der Waals surface area (Å²) in [6, 6.07) is 8.84. The maximum atomic E-state index is 12.5. The quantitative estimate of drug-likeness (QED) is 0.713. The summed E-state index contributed by atoms with van der Waals surface area (Å²) < 4.78 is 4.69. The normalized spacial score (nSPS) is 10.5. The van der Waals surface area contributed by atoms with Crippen LogP contribution in [-0.4, -0.2) is 29.8 Å². The lowest BCUT2D eigenvalue weighted by atomic mass is 10.2. The second-order valence-corrected chi connectivity index (χ2v) is 8.05. The Balaban J connectivity index is 2.10. The van der Waals surface area contributed by atoms with Crippen LogP contribution in [0.1, 0.15) is 41.5 Å². The third-order valence-corrected chi connectivity index (χ3v) is 4.92. The van der Waals surface area contributed by atoms with E-state index in [9.17, 15) is 14.4 Å². The highest BCUT2D eigenvalue weighted by Crippen LogP contribution is 2.26. The summed E-state index contributed by atoms with van der Waals surface area (Å²) in [5.41, 5.74) is 0.713. The van der Waals surface area contributed by atoms with Crippen molar-refractivity contribution in [3.63, 3.8) is 0 Å². The molecule has 0 aliphatic carbocycles. The van der Waals surface area contributed by atoms with E-state index >= 15 is 0 Å². The van der Waals surface area contributed by atoms with Gasteiger partial charge in [-0.15, -0.1) is 23.1 Å². The molecule has 2 rings (SSSR count). The minimum Gasteiger partial charge on any atom is -0.450 e. The van der Waals surface area contributed by atoms with Gasteiger partial charge in [-0.1, -0.05) is 19.9 Å². The van der Waals surface area contributed by atoms with E-state index in [1.54, 1.807) is 36.2 Å². The number of carbonyl (C=O) groups is 3. The number of ether oxygens (including phenoxy) is 1. The van der Waals surface area contributed by atoms with Crippen molar-refractivity contribution >= 4 is 46.0 Å². The molecule has 0 saturated heterocycles. The zero-order chi connectivity index (χ0) is 19.1. The number of thiophene rings is 1. The highest BCUT2D eigenvalue weighted by Gasteiger charge is 2.18. The summed E-state index contributed by atoms with van der Waals surface area (Å²) in [4.78, 5) is 37.0. The molecular formula is C18H20N2O4S2. The fourth-order valence-electron chi connectivity index (χ4n) is 2.07. The number of rotatable bonds is 6. The third-order valence-electron chi connectivity index (χ3n) is 3.10. The molecule has 26 heavy (non-hydrogen) atoms. The summed E-state index contributed by atoms with van der Waals surface area (Å²) in [6.45, 7) is 5.97. The second-order valence-electron chi connectivity index (χ2n) is 5.49. The Labute approximate surface area is 160 Å². The first kappa shape index (κ1) is 20.0. The van der Waals surface area contributed by atoms with Crippen molar-refractivity contribution in [2.45, 2.75) is 30.9 Å². The lowest BCUT2D eigenvalue weighted by Crippen LogP contribution is -2.31. The third kappa shape index (κ3) is 5.60. The average molecular weight is 393 g/mol. The zero-order valence-corrected chi connectivity index (χ0v) is 16.3. The van der Waals surface area contributed by atoms with Crippen LogP contribution < -0.4 is 10.6 Å². The standard InChI is InChI=1S/C18H20N2O4S2/c1-4-24-18(23)20-16(22)14-8-9-25-17(14)19-15(21)12-6-5-7-13(10-12)26-11(2)3/h5-11H,4H2,1-3H3,(H,19,21)(H,20,22,23). The topological polar surface area (TPSA) is 84.5 Å². The number of anilines is 1. The highest BCUT2D eigenvalue weighted by molar-refractivity contribution is 7.99. The van der Waals surface area contributed by atoms with Gasteiger partial charge in [0.2, 0.25) is 0 Å². The molecule has 0 atom stereocenters. The second kappa shape index (κ2) is 9.40. The molecule has 0 spiro atoms. The maximum absolute atomic E-state index is 12.5. The Morgan fingerprint density at radius 3 is 2.65 bits per heavy atom. The van der Waals surface area contributed by atoms with E-state index < -0.39 is 12.0 Å². The molecule has 0 bridgehead atoms. The van der Waals surface area contributed by atoms with Crippen molar-refractivity contribution in [3.8, 4) is 0 Å². The average Bonchev–Trinajstić information content (AvgIpc) is 3.03. The molecule has 1 heterocycles. The van der Waals surface area contributed by atoms with Crippen molar-refractivity contribution in [1.82, 2.24) is 5.32 Å². The highest BCUT2D eigenvalue weighted by atomic mass is 32.2. The largest absolute Gasteiger partial charge is 0.450 e. The number of thioether (sulfide) groups is 1. The molecule has 0 unspecified atom stereocenters. The molecule has 0 fully saturated rings. The molecule has 3 amide bonds. The lowest BCUT2D eigenvalue weighted by molar-refractivity contribution is 0.0926. The summed E-state index contributed by atoms with van der Waals surface area (Å²) in [5.74, 6) is -0.937. The van der Waals surface area contributed by atoms with Gasteiger partial charge in [0.15, 0.2) is 0 Å². The van der Waals surface area contributed by atoms with Crippen molar-refractivity contribution in [3.05, 3.63) is 46.8 Å². The van der Waals surface area contributed by atoms with Crippen LogP contribution in [0.15, 0.2) is 40.6 Å². The fraction of sp³-hybridized carbons (Fsp3) is 0.278. The lowest BCUT2D eigenvalue weighted by Gasteiger charge is -2.09. The van der Waals surface area contributed by atoms with Crippen LogP contribution in [-0.2, 0) is 4.74 Å². The summed E-state index contributed by atoms with van der Waals surface area (Å²) >= 11 is 2.87. The van der Waals surface area contributed by atoms with Crippen LogP contribution >= 0.6 is 23.1 Å². The van der Waals surface area contributed by atoms with Gasteiger partial charge in [-0.05, 0) is 36.6 Å². The minimum atomic E-state index is -0.820. The van der Waals surface area contributed by atoms with E-state index in [1.807, 2.05) is 18.2 Å². The molecule has 6 nitrogen and oxygen atoms in total. The van der Waals surface area contributed by atoms with Gasteiger partial charge in [0, 0.05) is 15.7 Å². The van der Waals surface area contributed by atoms with Gasteiger partial charge in [-0.3, -0.25) is 14.9 Å². The number of benzene rings is 1. The first-order valence-electron chi connectivity index (χ1n) is 8.04. The van der Waals surface area contributed by atoms with Crippen LogP contribution in [0.25, 0.3) is 0 Å². The number of hydrogen-bond acceptors (Lipinski definition) is 6. The number of carbonyl (C=O) groups excluding carboxylic acids is 3. The molecule has 0 aliphatic rings. The Hall–Kier alpha value is -2.32. The van der Waals surface area contributed by atoms with Crippen molar-refractivity contribution < 1.29 is 19.1 Å². The van der Waals surface area contributed by atoms with E-state index in [0.717, 1.165) is 4.90 Å². The Morgan fingerprint density at radius 1 is 1.19 bits per heavy atom. The van der Waals surface area contributed by atoms with Crippen LogP contribution in [0, 0.1) is 0 Å². The van der Waals surface area contributed by atoms with E-state index in [0.29, 0.717) is 15.8 Å². The van der Waals surface area contributed by atoms with Gasteiger partial charge in [0.05, 0.1) is 12.2 Å². The first-order valence-corrected chi connectivity index (χ1v) is 9.80. The fourth-order valence-corrected chi connectivity index (χ4v) is 3.75. The molecule has 0 radical (unpaired) electrons. The van der Waals surface area contributed by atoms with Gasteiger partial charge in [-0.25, -0.2) is 4.79 Å². The Bertz CT molecular complexity index is 802. The van der Waals surface area contributed by atoms with Crippen molar-refractivity contribution in [2.75, 3.05) is 11.9 Å². The monoisotopic (exact) mass is 392 g/mol. The number of hydrogen-bond donors (Lipinski definition) is 2. The number of amides is 3. The van der Waals surface area contributed by atoms with Gasteiger partial charge in [0.25, 0.3) is 11.8 Å². The smallest absolute Gasteiger partial charge is 0.414 e. The van der Waals surface area contributed by atoms with Crippen LogP contribution in [0.3, 0.4) is 0 Å². The van der Waals surface area contributed by atoms with Gasteiger partial charge < -0.3 is 10.1 Å². The zero-order valence-electron chi connectivity index (χ0n) is 14.7. The van der Waals surface area contributed by atoms with E-state index in [1.165, 1.54) is 11.3 Å². The van der Waals surface area contributed by atoms with E-state index in [4.69, 9.17) is 0 Å². The van der Waals surface area contributed by atoms with E-state index in [2.05, 4.69) is 29.2 Å². The van der Waals surface area contributed by atoms with Crippen LogP contribution in [0.4, 0.5) is 9.80 Å². The molecule has 2 N–H and O–H groups in total. The van der Waals surface area contributed by atoms with Gasteiger partial charge in [0.1, 0.15) is 5.00 Å². The first-order chi connectivity index (χ1) is 12.4. The van der Waals surface area contributed by atoms with Gasteiger partial charge in [-0.2, -0.15) is 0 Å². The molecular weight excluding hydrogens is 372 g/mol. The number of imide groups is 1. The van der Waals surface area contributed by atoms with Crippen LogP contribution in [0.2, 0.25) is 0 Å². The number of nitrogens with one attached hydrogen (secondary N) is 2. The molecule has 8 heteroatoms. The Morgan fingerprint density at radius 2 is 1.96 bits per heavy atom. The summed E-state index contributed by atoms with van der Waals surface area (Å²) in [7, 11) is 0. The molecule has 0 saturated carbocycles. The van der Waals surface area contributed by atoms with E-state index in [-0.39, 0.29) is 18.1 Å². The van der Waals surface area contributed by atoms with Crippen LogP contribution in [0.5, 0.6) is 0 Å². The molecule has 138 valence electrons. The molecule has 0 aliphatic heterocycles. The predicted octanol–water partition coefficient (Wildman–Crippen LogP) is 4.39.